The van der Waals surface area contributed by atoms with Crippen molar-refractivity contribution in [1.82, 2.24) is 0 Å². The highest BCUT2D eigenvalue weighted by atomic mass is 16.7. The maximum atomic E-state index is 10.5. The van der Waals surface area contributed by atoms with Crippen LogP contribution in [0.2, 0.25) is 0 Å². The molecule has 0 spiro atoms. The van der Waals surface area contributed by atoms with E-state index in [9.17, 15) is 20.4 Å². The predicted molar refractivity (Wildman–Crippen MR) is 156 cm³/mol. The molecule has 1 unspecified atom stereocenters. The molecule has 226 valence electrons. The lowest BCUT2D eigenvalue weighted by molar-refractivity contribution is -0.314. The zero-order valence-corrected chi connectivity index (χ0v) is 25.5. The van der Waals surface area contributed by atoms with Crippen molar-refractivity contribution in [3.63, 3.8) is 0 Å². The third-order valence-corrected chi connectivity index (χ3v) is 12.1. The lowest BCUT2D eigenvalue weighted by atomic mass is 9.51. The molecular formula is C34H54O6. The van der Waals surface area contributed by atoms with Gasteiger partial charge in [0.25, 0.3) is 0 Å². The zero-order chi connectivity index (χ0) is 29.0. The third kappa shape index (κ3) is 5.20. The fourth-order valence-corrected chi connectivity index (χ4v) is 8.91. The van der Waals surface area contributed by atoms with Crippen molar-refractivity contribution < 1.29 is 29.9 Å². The molecule has 2 saturated carbocycles. The van der Waals surface area contributed by atoms with E-state index < -0.39 is 37.3 Å². The van der Waals surface area contributed by atoms with E-state index in [1.54, 1.807) is 11.1 Å². The van der Waals surface area contributed by atoms with E-state index in [1.165, 1.54) is 12.8 Å². The molecule has 5 rings (SSSR count). The second kappa shape index (κ2) is 11.6. The van der Waals surface area contributed by atoms with Crippen LogP contribution in [0.1, 0.15) is 86.5 Å². The van der Waals surface area contributed by atoms with Gasteiger partial charge in [-0.2, -0.15) is 0 Å². The van der Waals surface area contributed by atoms with E-state index in [4.69, 9.17) is 9.47 Å². The number of aliphatic hydroxyl groups excluding tert-OH is 4. The summed E-state index contributed by atoms with van der Waals surface area (Å²) in [6.45, 7) is 13.9. The van der Waals surface area contributed by atoms with E-state index in [2.05, 4.69) is 65.8 Å². The molecule has 0 aromatic rings. The lowest BCUT2D eigenvalue weighted by Gasteiger charge is -2.54. The third-order valence-electron chi connectivity index (χ3n) is 12.1. The highest BCUT2D eigenvalue weighted by Crippen LogP contribution is 2.65. The van der Waals surface area contributed by atoms with Crippen LogP contribution in [0.15, 0.2) is 35.5 Å². The predicted octanol–water partition coefficient (Wildman–Crippen LogP) is 5.16. The lowest BCUT2D eigenvalue weighted by Crippen LogP contribution is -2.60. The quantitative estimate of drug-likeness (QED) is 0.323. The number of rotatable bonds is 7. The van der Waals surface area contributed by atoms with Gasteiger partial charge in [0.15, 0.2) is 6.29 Å². The molecule has 6 nitrogen and oxygen atoms in total. The first-order chi connectivity index (χ1) is 18.9. The second-order valence-corrected chi connectivity index (χ2v) is 14.7. The summed E-state index contributed by atoms with van der Waals surface area (Å²) in [6.07, 6.45) is 11.4. The molecule has 0 amide bonds. The summed E-state index contributed by atoms with van der Waals surface area (Å²) in [5, 5.41) is 40.3. The summed E-state index contributed by atoms with van der Waals surface area (Å²) < 4.78 is 11.9. The number of hydrogen-bond acceptors (Lipinski definition) is 6. The van der Waals surface area contributed by atoms with E-state index >= 15 is 0 Å². The first kappa shape index (κ1) is 30.4. The van der Waals surface area contributed by atoms with Gasteiger partial charge < -0.3 is 29.9 Å². The number of hydrogen-bond donors (Lipinski definition) is 4. The number of ether oxygens (including phenoxy) is 2. The highest BCUT2D eigenvalue weighted by molar-refractivity contribution is 5.46. The van der Waals surface area contributed by atoms with E-state index in [-0.39, 0.29) is 11.5 Å². The fraction of sp³-hybridized carbons (Fsp3) is 0.824. The summed E-state index contributed by atoms with van der Waals surface area (Å²) in [6, 6.07) is 0. The molecule has 1 saturated heterocycles. The maximum Gasteiger partial charge on any atom is 0.186 e. The van der Waals surface area contributed by atoms with Gasteiger partial charge in [-0.1, -0.05) is 65.8 Å². The summed E-state index contributed by atoms with van der Waals surface area (Å²) in [7, 11) is 0. The van der Waals surface area contributed by atoms with Crippen LogP contribution in [0.25, 0.3) is 0 Å². The molecule has 6 heteroatoms. The standard InChI is InChI=1S/C34H54O6/c1-19(2)20(3)7-8-21(4)25-11-12-26-24-10-9-22-17-23(13-15-33(22,5)27(24)14-16-34(25,26)6)39-32-31(38)30(37)29(36)28(18-35)40-32/h7-8,10,14,19-23,25-26,28-32,35-38H,9,11-13,15-18H2,1-6H3/b8-7+/t20-,21+,22?,23-,25+,26-,28+,29+,30-,31+,32+,33-,34+/m0/s1. The van der Waals surface area contributed by atoms with Gasteiger partial charge in [-0.15, -0.1) is 0 Å². The molecule has 0 bridgehead atoms. The maximum absolute atomic E-state index is 10.5. The first-order valence-corrected chi connectivity index (χ1v) is 16.0. The minimum Gasteiger partial charge on any atom is -0.394 e. The minimum absolute atomic E-state index is 0.0966. The number of allylic oxidation sites excluding steroid dienone is 6. The molecule has 0 radical (unpaired) electrons. The Labute approximate surface area is 241 Å². The van der Waals surface area contributed by atoms with Gasteiger partial charge in [-0.05, 0) is 102 Å². The SMILES string of the molecule is CC(C)[C@@H](C)/C=C/[C@@H](C)[C@H]1CC[C@H]2C3=CCC4C[C@@H](O[C@@H]5O[C@H](CO)[C@@H](O)[C@H](O)[C@H]5O)CC[C@]4(C)C3=CC[C@]12C. The molecule has 0 aromatic carbocycles. The number of fused-ring (bicyclic) bond motifs is 5. The van der Waals surface area contributed by atoms with Gasteiger partial charge in [0, 0.05) is 0 Å². The molecule has 13 atom stereocenters. The van der Waals surface area contributed by atoms with Crippen molar-refractivity contribution in [3.05, 3.63) is 35.5 Å². The molecular weight excluding hydrogens is 504 g/mol. The normalized spacial score (nSPS) is 46.8. The van der Waals surface area contributed by atoms with Crippen LogP contribution < -0.4 is 0 Å². The van der Waals surface area contributed by atoms with Gasteiger partial charge >= 0.3 is 0 Å². The Bertz CT molecular complexity index is 1000. The Hall–Kier alpha value is -1.02. The van der Waals surface area contributed by atoms with Crippen molar-refractivity contribution in [2.75, 3.05) is 6.61 Å². The Balaban J connectivity index is 1.28. The summed E-state index contributed by atoms with van der Waals surface area (Å²) in [5.74, 6) is 3.68. The molecule has 3 fully saturated rings. The average Bonchev–Trinajstić information content (AvgIpc) is 3.29. The van der Waals surface area contributed by atoms with Crippen LogP contribution in [0.4, 0.5) is 0 Å². The van der Waals surface area contributed by atoms with Crippen molar-refractivity contribution >= 4 is 0 Å². The van der Waals surface area contributed by atoms with Crippen LogP contribution in [0.3, 0.4) is 0 Å². The Kier molecular flexibility index (Phi) is 8.81. The Morgan fingerprint density at radius 3 is 2.45 bits per heavy atom. The smallest absolute Gasteiger partial charge is 0.186 e. The largest absolute Gasteiger partial charge is 0.394 e. The van der Waals surface area contributed by atoms with Gasteiger partial charge in [0.1, 0.15) is 24.4 Å². The second-order valence-electron chi connectivity index (χ2n) is 14.7. The minimum atomic E-state index is -1.40. The molecule has 4 N–H and O–H groups in total. The average molecular weight is 559 g/mol. The first-order valence-electron chi connectivity index (χ1n) is 16.0. The summed E-state index contributed by atoms with van der Waals surface area (Å²) in [4.78, 5) is 0. The van der Waals surface area contributed by atoms with Gasteiger partial charge in [0.2, 0.25) is 0 Å². The molecule has 4 aliphatic carbocycles. The fourth-order valence-electron chi connectivity index (χ4n) is 8.91. The zero-order valence-electron chi connectivity index (χ0n) is 25.5. The summed E-state index contributed by atoms with van der Waals surface area (Å²) in [5.41, 5.74) is 3.63. The van der Waals surface area contributed by atoms with Gasteiger partial charge in [-0.3, -0.25) is 0 Å². The molecule has 0 aromatic heterocycles. The van der Waals surface area contributed by atoms with Crippen molar-refractivity contribution in [2.45, 2.75) is 123 Å². The van der Waals surface area contributed by atoms with Crippen LogP contribution in [-0.2, 0) is 9.47 Å². The van der Waals surface area contributed by atoms with Crippen molar-refractivity contribution in [3.8, 4) is 0 Å². The van der Waals surface area contributed by atoms with Gasteiger partial charge in [-0.25, -0.2) is 0 Å². The van der Waals surface area contributed by atoms with Crippen LogP contribution in [0, 0.1) is 46.3 Å². The Morgan fingerprint density at radius 2 is 1.75 bits per heavy atom. The van der Waals surface area contributed by atoms with Crippen LogP contribution >= 0.6 is 0 Å². The van der Waals surface area contributed by atoms with E-state index in [1.807, 2.05) is 0 Å². The number of aliphatic hydroxyl groups is 4. The van der Waals surface area contributed by atoms with E-state index in [0.717, 1.165) is 32.1 Å². The Morgan fingerprint density at radius 1 is 1.00 bits per heavy atom. The molecule has 40 heavy (non-hydrogen) atoms. The van der Waals surface area contributed by atoms with Crippen LogP contribution in [-0.4, -0.2) is 63.8 Å². The topological polar surface area (TPSA) is 99.4 Å². The van der Waals surface area contributed by atoms with Gasteiger partial charge in [0.05, 0.1) is 12.7 Å². The van der Waals surface area contributed by atoms with Crippen molar-refractivity contribution in [1.29, 1.82) is 0 Å². The van der Waals surface area contributed by atoms with Crippen LogP contribution in [0.5, 0.6) is 0 Å². The monoisotopic (exact) mass is 558 g/mol. The molecule has 1 aliphatic heterocycles. The highest BCUT2D eigenvalue weighted by Gasteiger charge is 2.55. The summed E-state index contributed by atoms with van der Waals surface area (Å²) >= 11 is 0. The molecule has 1 heterocycles. The van der Waals surface area contributed by atoms with E-state index in [0.29, 0.717) is 40.9 Å². The van der Waals surface area contributed by atoms with Crippen molar-refractivity contribution in [2.24, 2.45) is 46.3 Å². The molecule has 5 aliphatic rings.